The average molecular weight is 225 g/mol. The number of aryl methyl sites for hydroxylation is 1. The van der Waals surface area contributed by atoms with Crippen LogP contribution in [0, 0.1) is 12.7 Å². The summed E-state index contributed by atoms with van der Waals surface area (Å²) in [6.07, 6.45) is 0.977. The van der Waals surface area contributed by atoms with Crippen molar-refractivity contribution >= 4 is 0 Å². The van der Waals surface area contributed by atoms with E-state index in [1.165, 1.54) is 6.07 Å². The number of aliphatic hydroxyl groups excluding tert-OH is 1. The minimum atomic E-state index is -0.220. The zero-order valence-electron chi connectivity index (χ0n) is 10.1. The van der Waals surface area contributed by atoms with E-state index < -0.39 is 0 Å². The van der Waals surface area contributed by atoms with Gasteiger partial charge >= 0.3 is 0 Å². The van der Waals surface area contributed by atoms with Crippen molar-refractivity contribution < 1.29 is 9.50 Å². The second-order valence-electron chi connectivity index (χ2n) is 4.22. The summed E-state index contributed by atoms with van der Waals surface area (Å²) >= 11 is 0. The third kappa shape index (κ3) is 3.29. The monoisotopic (exact) mass is 225 g/mol. The van der Waals surface area contributed by atoms with Crippen molar-refractivity contribution in [3.63, 3.8) is 0 Å². The molecule has 0 aliphatic carbocycles. The Bertz CT molecular complexity index is 341. The number of rotatable bonds is 5. The average Bonchev–Trinajstić information content (AvgIpc) is 2.29. The molecular formula is C13H20FNO. The summed E-state index contributed by atoms with van der Waals surface area (Å²) in [5.41, 5.74) is 1.43. The minimum absolute atomic E-state index is 0.0210. The molecule has 0 heterocycles. The summed E-state index contributed by atoms with van der Waals surface area (Å²) in [7, 11) is 0. The first-order valence-electron chi connectivity index (χ1n) is 5.71. The minimum Gasteiger partial charge on any atom is -0.394 e. The van der Waals surface area contributed by atoms with Crippen LogP contribution in [0.5, 0.6) is 0 Å². The van der Waals surface area contributed by atoms with Gasteiger partial charge in [-0.3, -0.25) is 0 Å². The molecule has 1 rings (SSSR count). The number of hydrogen-bond donors (Lipinski definition) is 2. The summed E-state index contributed by atoms with van der Waals surface area (Å²) < 4.78 is 13.4. The summed E-state index contributed by atoms with van der Waals surface area (Å²) in [5, 5.41) is 12.6. The molecule has 3 heteroatoms. The Morgan fingerprint density at radius 3 is 2.62 bits per heavy atom. The third-order valence-electron chi connectivity index (χ3n) is 2.88. The molecule has 0 amide bonds. The molecule has 0 aliphatic rings. The van der Waals surface area contributed by atoms with Crippen LogP contribution in [0.15, 0.2) is 18.2 Å². The second-order valence-corrected chi connectivity index (χ2v) is 4.22. The van der Waals surface area contributed by atoms with E-state index in [4.69, 9.17) is 0 Å². The largest absolute Gasteiger partial charge is 0.394 e. The van der Waals surface area contributed by atoms with E-state index in [-0.39, 0.29) is 18.5 Å². The van der Waals surface area contributed by atoms with E-state index in [0.29, 0.717) is 11.6 Å². The maximum atomic E-state index is 13.4. The van der Waals surface area contributed by atoms with Crippen LogP contribution in [0.2, 0.25) is 0 Å². The molecule has 0 fully saturated rings. The van der Waals surface area contributed by atoms with Crippen molar-refractivity contribution in [3.05, 3.63) is 35.1 Å². The third-order valence-corrected chi connectivity index (χ3v) is 2.88. The molecule has 0 aliphatic heterocycles. The lowest BCUT2D eigenvalue weighted by Gasteiger charge is -2.21. The van der Waals surface area contributed by atoms with E-state index >= 15 is 0 Å². The highest BCUT2D eigenvalue weighted by Crippen LogP contribution is 2.17. The van der Waals surface area contributed by atoms with E-state index in [9.17, 15) is 9.50 Å². The zero-order valence-corrected chi connectivity index (χ0v) is 10.1. The fourth-order valence-electron chi connectivity index (χ4n) is 1.54. The quantitative estimate of drug-likeness (QED) is 0.807. The molecule has 0 radical (unpaired) electrons. The lowest BCUT2D eigenvalue weighted by Crippen LogP contribution is -2.32. The molecule has 0 spiro atoms. The molecule has 0 aromatic heterocycles. The first-order valence-corrected chi connectivity index (χ1v) is 5.71. The number of benzene rings is 1. The maximum Gasteiger partial charge on any atom is 0.126 e. The van der Waals surface area contributed by atoms with Gasteiger partial charge in [0.25, 0.3) is 0 Å². The summed E-state index contributed by atoms with van der Waals surface area (Å²) in [6.45, 7) is 5.83. The van der Waals surface area contributed by atoms with E-state index in [2.05, 4.69) is 12.2 Å². The fraction of sp³-hybridized carbons (Fsp3) is 0.538. The molecule has 1 aromatic rings. The Balaban J connectivity index is 2.82. The highest BCUT2D eigenvalue weighted by atomic mass is 19.1. The van der Waals surface area contributed by atoms with Gasteiger partial charge < -0.3 is 10.4 Å². The molecule has 2 N–H and O–H groups in total. The highest BCUT2D eigenvalue weighted by Gasteiger charge is 2.13. The summed E-state index contributed by atoms with van der Waals surface area (Å²) in [6, 6.07) is 5.21. The molecule has 0 saturated carbocycles. The van der Waals surface area contributed by atoms with Crippen LogP contribution in [0.25, 0.3) is 0 Å². The van der Waals surface area contributed by atoms with Crippen molar-refractivity contribution in [2.24, 2.45) is 0 Å². The smallest absolute Gasteiger partial charge is 0.126 e. The van der Waals surface area contributed by atoms with Crippen LogP contribution in [0.1, 0.15) is 37.4 Å². The van der Waals surface area contributed by atoms with Gasteiger partial charge in [-0.1, -0.05) is 19.1 Å². The van der Waals surface area contributed by atoms with Gasteiger partial charge in [0, 0.05) is 6.04 Å². The standard InChI is InChI=1S/C13H20FNO/c1-4-10(3)15-13(8-16)11-6-5-9(2)12(14)7-11/h5-7,10,13,15-16H,4,8H2,1-3H3. The number of hydrogen-bond acceptors (Lipinski definition) is 2. The van der Waals surface area contributed by atoms with Gasteiger partial charge in [0.1, 0.15) is 5.82 Å². The van der Waals surface area contributed by atoms with Crippen LogP contribution in [-0.2, 0) is 0 Å². The van der Waals surface area contributed by atoms with Gasteiger partial charge in [0.15, 0.2) is 0 Å². The number of aliphatic hydroxyl groups is 1. The first-order chi connectivity index (χ1) is 7.58. The van der Waals surface area contributed by atoms with Crippen LogP contribution < -0.4 is 5.32 Å². The molecule has 0 bridgehead atoms. The fourth-order valence-corrected chi connectivity index (χ4v) is 1.54. The Labute approximate surface area is 96.5 Å². The Morgan fingerprint density at radius 2 is 2.12 bits per heavy atom. The van der Waals surface area contributed by atoms with Gasteiger partial charge in [-0.05, 0) is 37.5 Å². The van der Waals surface area contributed by atoms with Crippen LogP contribution >= 0.6 is 0 Å². The second kappa shape index (κ2) is 5.97. The molecule has 1 aromatic carbocycles. The van der Waals surface area contributed by atoms with Gasteiger partial charge in [-0.25, -0.2) is 4.39 Å². The molecular weight excluding hydrogens is 205 g/mol. The number of nitrogens with one attached hydrogen (secondary N) is 1. The Hall–Kier alpha value is -0.930. The van der Waals surface area contributed by atoms with Crippen molar-refractivity contribution in [2.75, 3.05) is 6.61 Å². The molecule has 90 valence electrons. The van der Waals surface area contributed by atoms with E-state index in [1.807, 2.05) is 13.0 Å². The normalized spacial score (nSPS) is 14.8. The van der Waals surface area contributed by atoms with Crippen molar-refractivity contribution in [1.82, 2.24) is 5.32 Å². The topological polar surface area (TPSA) is 32.3 Å². The first kappa shape index (κ1) is 13.1. The van der Waals surface area contributed by atoms with Crippen LogP contribution in [0.4, 0.5) is 4.39 Å². The van der Waals surface area contributed by atoms with Crippen LogP contribution in [0.3, 0.4) is 0 Å². The van der Waals surface area contributed by atoms with Gasteiger partial charge in [0.05, 0.1) is 12.6 Å². The predicted molar refractivity (Wildman–Crippen MR) is 63.9 cm³/mol. The van der Waals surface area contributed by atoms with Gasteiger partial charge in [-0.15, -0.1) is 0 Å². The SMILES string of the molecule is CCC(C)NC(CO)c1ccc(C)c(F)c1. The van der Waals surface area contributed by atoms with Crippen LogP contribution in [-0.4, -0.2) is 17.8 Å². The maximum absolute atomic E-state index is 13.4. The molecule has 0 saturated heterocycles. The summed E-state index contributed by atoms with van der Waals surface area (Å²) in [4.78, 5) is 0. The van der Waals surface area contributed by atoms with E-state index in [1.54, 1.807) is 13.0 Å². The van der Waals surface area contributed by atoms with Crippen molar-refractivity contribution in [2.45, 2.75) is 39.3 Å². The molecule has 2 nitrogen and oxygen atoms in total. The lowest BCUT2D eigenvalue weighted by molar-refractivity contribution is 0.234. The Morgan fingerprint density at radius 1 is 1.44 bits per heavy atom. The number of halogens is 1. The predicted octanol–water partition coefficient (Wildman–Crippen LogP) is 2.56. The van der Waals surface area contributed by atoms with Crippen molar-refractivity contribution in [1.29, 1.82) is 0 Å². The summed E-state index contributed by atoms with van der Waals surface area (Å²) in [5.74, 6) is -0.220. The Kier molecular flexibility index (Phi) is 4.90. The van der Waals surface area contributed by atoms with E-state index in [0.717, 1.165) is 12.0 Å². The lowest BCUT2D eigenvalue weighted by atomic mass is 10.0. The van der Waals surface area contributed by atoms with Gasteiger partial charge in [-0.2, -0.15) is 0 Å². The van der Waals surface area contributed by atoms with Crippen molar-refractivity contribution in [3.8, 4) is 0 Å². The zero-order chi connectivity index (χ0) is 12.1. The highest BCUT2D eigenvalue weighted by molar-refractivity contribution is 5.26. The van der Waals surface area contributed by atoms with Gasteiger partial charge in [0.2, 0.25) is 0 Å². The molecule has 16 heavy (non-hydrogen) atoms. The molecule has 2 atom stereocenters. The molecule has 2 unspecified atom stereocenters.